The molecule has 3 atom stereocenters. The molecule has 3 unspecified atom stereocenters. The normalized spacial score (nSPS) is 22.8. The lowest BCUT2D eigenvalue weighted by Crippen LogP contribution is -2.18. The minimum Gasteiger partial charge on any atom is -0.236 e. The lowest BCUT2D eigenvalue weighted by Gasteiger charge is -2.29. The fraction of sp³-hybridized carbons (Fsp3) is 0.727. The third-order valence-electron chi connectivity index (χ3n) is 17.1. The van der Waals surface area contributed by atoms with E-state index in [1.54, 1.807) is 12.1 Å². The van der Waals surface area contributed by atoms with Gasteiger partial charge in [-0.05, 0) is 146 Å². The number of hydrogen-bond acceptors (Lipinski definition) is 0. The van der Waals surface area contributed by atoms with E-state index in [0.29, 0.717) is 38.5 Å². The maximum atomic E-state index is 13.7. The molecule has 3 saturated carbocycles. The van der Waals surface area contributed by atoms with Crippen molar-refractivity contribution in [3.05, 3.63) is 106 Å². The molecule has 0 aliphatic heterocycles. The molecule has 0 spiro atoms. The van der Waals surface area contributed by atoms with E-state index in [2.05, 4.69) is 20.8 Å². The van der Waals surface area contributed by atoms with Gasteiger partial charge < -0.3 is 0 Å². The molecule has 3 fully saturated rings. The molecule has 0 aromatic heterocycles. The van der Waals surface area contributed by atoms with Crippen LogP contribution in [0.4, 0.5) is 39.5 Å². The molecule has 3 aromatic rings. The van der Waals surface area contributed by atoms with Crippen LogP contribution in [0.25, 0.3) is 0 Å². The van der Waals surface area contributed by atoms with Gasteiger partial charge in [0, 0.05) is 20.8 Å². The zero-order valence-corrected chi connectivity index (χ0v) is 47.2. The summed E-state index contributed by atoms with van der Waals surface area (Å²) in [6.07, 6.45) is 32.2. The number of benzene rings is 3. The average molecular weight is 1060 g/mol. The summed E-state index contributed by atoms with van der Waals surface area (Å²) in [5.41, 5.74) is 3.77. The SMILES string of the molecule is CCCCCCC1CCC(c2ccc(C(F)C(C)(F)F)cc2)CC1.CCCCCCCC1CCC(c2ccc(C(F)C(C)(F)F)cc2)CC1.CCCCCCCCC1CCC(c2ccc(C(F)C(C)(F)F)cc2)CC1. The van der Waals surface area contributed by atoms with Gasteiger partial charge in [-0.25, -0.2) is 39.5 Å². The maximum absolute atomic E-state index is 13.7. The summed E-state index contributed by atoms with van der Waals surface area (Å²) in [6.45, 7) is 8.64. The first-order valence-electron chi connectivity index (χ1n) is 30.1. The van der Waals surface area contributed by atoms with E-state index in [0.717, 1.165) is 17.8 Å². The quantitative estimate of drug-likeness (QED) is 0.0527. The van der Waals surface area contributed by atoms with E-state index in [4.69, 9.17) is 0 Å². The Kier molecular flexibility index (Phi) is 28.8. The number of hydrogen-bond donors (Lipinski definition) is 0. The molecule has 0 heterocycles. The average Bonchev–Trinajstić information content (AvgIpc) is 3.40. The predicted octanol–water partition coefficient (Wildman–Crippen LogP) is 24.0. The number of rotatable bonds is 27. The van der Waals surface area contributed by atoms with Gasteiger partial charge in [0.25, 0.3) is 17.8 Å². The topological polar surface area (TPSA) is 0 Å². The highest BCUT2D eigenvalue weighted by atomic mass is 19.3. The lowest BCUT2D eigenvalue weighted by atomic mass is 9.77. The number of halogens is 9. The Morgan fingerprint density at radius 3 is 0.733 bits per heavy atom. The van der Waals surface area contributed by atoms with Crippen molar-refractivity contribution in [1.29, 1.82) is 0 Å². The van der Waals surface area contributed by atoms with Crippen molar-refractivity contribution in [3.8, 4) is 0 Å². The van der Waals surface area contributed by atoms with Crippen LogP contribution in [0.3, 0.4) is 0 Å². The molecule has 0 bridgehead atoms. The highest BCUT2D eigenvalue weighted by Gasteiger charge is 2.38. The second-order valence-electron chi connectivity index (χ2n) is 23.7. The molecule has 426 valence electrons. The van der Waals surface area contributed by atoms with Gasteiger partial charge in [-0.15, -0.1) is 0 Å². The molecule has 0 nitrogen and oxygen atoms in total. The third-order valence-corrected chi connectivity index (χ3v) is 17.1. The predicted molar refractivity (Wildman–Crippen MR) is 297 cm³/mol. The lowest BCUT2D eigenvalue weighted by molar-refractivity contribution is -0.0569. The van der Waals surface area contributed by atoms with E-state index < -0.39 is 36.3 Å². The van der Waals surface area contributed by atoms with Crippen LogP contribution in [0, 0.1) is 17.8 Å². The third kappa shape index (κ3) is 23.5. The van der Waals surface area contributed by atoms with Crippen LogP contribution in [0.15, 0.2) is 72.8 Å². The Bertz CT molecular complexity index is 1890. The first-order chi connectivity index (χ1) is 35.7. The zero-order chi connectivity index (χ0) is 54.9. The van der Waals surface area contributed by atoms with Crippen molar-refractivity contribution in [2.24, 2.45) is 17.8 Å². The second-order valence-corrected chi connectivity index (χ2v) is 23.7. The van der Waals surface area contributed by atoms with Gasteiger partial charge in [-0.3, -0.25) is 0 Å². The second kappa shape index (κ2) is 33.5. The summed E-state index contributed by atoms with van der Waals surface area (Å²) in [5.74, 6) is -5.89. The van der Waals surface area contributed by atoms with Crippen molar-refractivity contribution in [2.45, 2.75) is 288 Å². The van der Waals surface area contributed by atoms with Crippen molar-refractivity contribution in [1.82, 2.24) is 0 Å². The van der Waals surface area contributed by atoms with Gasteiger partial charge in [-0.2, -0.15) is 0 Å². The Hall–Kier alpha value is -2.97. The van der Waals surface area contributed by atoms with Crippen molar-refractivity contribution in [3.63, 3.8) is 0 Å². The Labute approximate surface area is 450 Å². The fourth-order valence-corrected chi connectivity index (χ4v) is 12.2. The van der Waals surface area contributed by atoms with Gasteiger partial charge in [0.15, 0.2) is 18.5 Å². The number of alkyl halides is 9. The van der Waals surface area contributed by atoms with Crippen molar-refractivity contribution in [2.75, 3.05) is 0 Å². The van der Waals surface area contributed by atoms with Crippen molar-refractivity contribution >= 4 is 0 Å². The fourth-order valence-electron chi connectivity index (χ4n) is 12.2. The molecule has 3 aliphatic carbocycles. The van der Waals surface area contributed by atoms with Crippen LogP contribution < -0.4 is 0 Å². The molecule has 0 radical (unpaired) electrons. The first kappa shape index (κ1) is 64.6. The Morgan fingerprint density at radius 1 is 0.320 bits per heavy atom. The summed E-state index contributed by atoms with van der Waals surface area (Å²) < 4.78 is 120. The van der Waals surface area contributed by atoms with E-state index in [9.17, 15) is 39.5 Å². The first-order valence-corrected chi connectivity index (χ1v) is 30.1. The molecule has 9 heteroatoms. The number of unbranched alkanes of at least 4 members (excludes halogenated alkanes) is 12. The monoisotopic (exact) mass is 1060 g/mol. The summed E-state index contributed by atoms with van der Waals surface area (Å²) in [4.78, 5) is 0. The summed E-state index contributed by atoms with van der Waals surface area (Å²) >= 11 is 0. The highest BCUT2D eigenvalue weighted by molar-refractivity contribution is 5.30. The molecule has 3 aromatic carbocycles. The van der Waals surface area contributed by atoms with Crippen LogP contribution >= 0.6 is 0 Å². The van der Waals surface area contributed by atoms with Gasteiger partial charge in [0.05, 0.1) is 0 Å². The largest absolute Gasteiger partial charge is 0.280 e. The summed E-state index contributed by atoms with van der Waals surface area (Å²) in [5, 5.41) is 0. The molecule has 0 saturated heterocycles. The van der Waals surface area contributed by atoms with E-state index in [1.807, 2.05) is 36.4 Å². The molecular weight excluding hydrogens is 964 g/mol. The van der Waals surface area contributed by atoms with E-state index in [-0.39, 0.29) is 16.7 Å². The Balaban J connectivity index is 0.000000244. The minimum atomic E-state index is -3.32. The van der Waals surface area contributed by atoms with E-state index >= 15 is 0 Å². The van der Waals surface area contributed by atoms with Crippen LogP contribution in [-0.2, 0) is 0 Å². The summed E-state index contributed by atoms with van der Waals surface area (Å²) in [7, 11) is 0. The molecular formula is C66H99F9. The van der Waals surface area contributed by atoms with Crippen LogP contribution in [0.2, 0.25) is 0 Å². The minimum absolute atomic E-state index is 0.0795. The van der Waals surface area contributed by atoms with Crippen LogP contribution in [-0.4, -0.2) is 17.8 Å². The molecule has 75 heavy (non-hydrogen) atoms. The maximum Gasteiger partial charge on any atom is 0.280 e. The van der Waals surface area contributed by atoms with E-state index in [1.165, 1.54) is 234 Å². The van der Waals surface area contributed by atoms with Crippen LogP contribution in [0.5, 0.6) is 0 Å². The molecule has 0 N–H and O–H groups in total. The molecule has 3 aliphatic rings. The van der Waals surface area contributed by atoms with Gasteiger partial charge in [0.1, 0.15) is 0 Å². The zero-order valence-electron chi connectivity index (χ0n) is 47.2. The van der Waals surface area contributed by atoms with Crippen LogP contribution in [0.1, 0.15) is 304 Å². The smallest absolute Gasteiger partial charge is 0.236 e. The van der Waals surface area contributed by atoms with Gasteiger partial charge in [0.2, 0.25) is 0 Å². The molecule has 0 amide bonds. The summed E-state index contributed by atoms with van der Waals surface area (Å²) in [6, 6.07) is 20.3. The molecule has 6 rings (SSSR count). The standard InChI is InChI=1S/C23H35F3.C22H33F3.C21H31F3/c1-3-4-5-6-7-8-9-18-10-12-19(13-11-18)20-14-16-21(17-15-20)22(24)23(2,25)26;1-3-4-5-6-7-8-17-9-11-18(12-10-17)19-13-15-20(16-14-19)21(23)22(2,24)25;1-3-4-5-6-7-16-8-10-17(11-9-16)18-12-14-19(15-13-18)20(22)21(2,23)24/h14-19,22H,3-13H2,1-2H3;13-18,21H,3-12H2,1-2H3;12-17,20H,3-11H2,1-2H3. The Morgan fingerprint density at radius 2 is 0.520 bits per heavy atom. The van der Waals surface area contributed by atoms with Crippen molar-refractivity contribution < 1.29 is 39.5 Å². The van der Waals surface area contributed by atoms with Gasteiger partial charge in [-0.1, -0.05) is 209 Å². The van der Waals surface area contributed by atoms with Gasteiger partial charge >= 0.3 is 0 Å². The highest BCUT2D eigenvalue weighted by Crippen LogP contribution is 2.43.